The molecule has 0 spiro atoms. The Bertz CT molecular complexity index is 2740. The van der Waals surface area contributed by atoms with Crippen LogP contribution in [0.3, 0.4) is 0 Å². The number of hydrogen-bond acceptors (Lipinski definition) is 0. The number of hydrogen-bond donors (Lipinski definition) is 0. The highest BCUT2D eigenvalue weighted by atomic mass is 28.3. The second-order valence-electron chi connectivity index (χ2n) is 17.2. The minimum atomic E-state index is -2.83. The minimum Gasteiger partial charge on any atom is -0.308 e. The van der Waals surface area contributed by atoms with Crippen LogP contribution in [0.2, 0.25) is 0 Å². The molecule has 9 rings (SSSR count). The summed E-state index contributed by atoms with van der Waals surface area (Å²) in [6.45, 7) is 13.8. The van der Waals surface area contributed by atoms with Gasteiger partial charge in [0, 0.05) is 37.9 Å². The summed E-state index contributed by atoms with van der Waals surface area (Å²) < 4.78 is 2.53. The summed E-state index contributed by atoms with van der Waals surface area (Å²) in [6, 6.07) is 65.0. The van der Waals surface area contributed by atoms with Crippen LogP contribution < -0.4 is 15.6 Å². The summed E-state index contributed by atoms with van der Waals surface area (Å²) in [5, 5.41) is 11.1. The van der Waals surface area contributed by atoms with Crippen molar-refractivity contribution in [1.82, 2.24) is 4.57 Å². The number of rotatable bonds is 4. The Balaban J connectivity index is 1.39. The molecule has 1 aromatic heterocycles. The van der Waals surface area contributed by atoms with Crippen molar-refractivity contribution in [3.8, 4) is 17.2 Å². The molecule has 0 aliphatic heterocycles. The number of fused-ring (bicyclic) bond motifs is 5. The first kappa shape index (κ1) is 35.6. The van der Waals surface area contributed by atoms with E-state index >= 15 is 0 Å². The van der Waals surface area contributed by atoms with Crippen LogP contribution in [-0.2, 0) is 10.8 Å². The Hall–Kier alpha value is -6.14. The van der Waals surface area contributed by atoms with Crippen molar-refractivity contribution in [2.45, 2.75) is 52.4 Å². The summed E-state index contributed by atoms with van der Waals surface area (Å²) in [5.74, 6) is 3.96. The Labute approximate surface area is 332 Å². The summed E-state index contributed by atoms with van der Waals surface area (Å²) in [7, 11) is -2.83. The lowest BCUT2D eigenvalue weighted by atomic mass is 9.85. The predicted octanol–water partition coefficient (Wildman–Crippen LogP) is 11.7. The zero-order valence-electron chi connectivity index (χ0n) is 33.2. The summed E-state index contributed by atoms with van der Waals surface area (Å²) in [6.07, 6.45) is 0. The first-order valence-electron chi connectivity index (χ1n) is 19.8. The molecule has 0 amide bonds. The molecular weight excluding hydrogens is 691 g/mol. The highest BCUT2D eigenvalue weighted by molar-refractivity contribution is 7.16. The molecule has 0 atom stereocenters. The molecule has 2 heteroatoms. The van der Waals surface area contributed by atoms with Gasteiger partial charge in [-0.2, -0.15) is 0 Å². The lowest BCUT2D eigenvalue weighted by Crippen LogP contribution is -2.66. The second-order valence-corrected chi connectivity index (χ2v) is 20.7. The molecule has 0 aliphatic rings. The van der Waals surface area contributed by atoms with E-state index in [0.717, 1.165) is 5.56 Å². The van der Waals surface area contributed by atoms with Crippen molar-refractivity contribution in [2.24, 2.45) is 0 Å². The van der Waals surface area contributed by atoms with E-state index in [9.17, 15) is 0 Å². The van der Waals surface area contributed by atoms with Crippen LogP contribution in [0.1, 0.15) is 58.2 Å². The fraction of sp³-hybridized carbons (Fsp3) is 0.148. The second kappa shape index (κ2) is 13.6. The summed E-state index contributed by atoms with van der Waals surface area (Å²) in [4.78, 5) is 0. The quantitative estimate of drug-likeness (QED) is 0.0734. The molecule has 0 radical (unpaired) electrons. The van der Waals surface area contributed by atoms with Crippen LogP contribution >= 0.6 is 0 Å². The zero-order valence-corrected chi connectivity index (χ0v) is 34.2. The van der Waals surface area contributed by atoms with Crippen LogP contribution in [0.15, 0.2) is 176 Å². The fourth-order valence-electron chi connectivity index (χ4n) is 8.62. The van der Waals surface area contributed by atoms with E-state index in [4.69, 9.17) is 0 Å². The average molecular weight is 738 g/mol. The standard InChI is InChI=1S/C54H47NSi/c1-53(2,3)38-30-32-50-48(36-38)49-37-39(54(4,5)6)31-33-51(49)55(50)52-46-28-18-16-26-43(46)45(44-27-17-19-29-47(44)52)34-35-56(40-20-10-7-11-21-40,41-22-12-8-13-23-41)42-24-14-9-15-25-42/h7-33,36-37H,1-6H3. The van der Waals surface area contributed by atoms with Gasteiger partial charge in [0.25, 0.3) is 0 Å². The number of benzene rings is 8. The highest BCUT2D eigenvalue weighted by Crippen LogP contribution is 2.42. The van der Waals surface area contributed by atoms with Gasteiger partial charge in [0.1, 0.15) is 0 Å². The van der Waals surface area contributed by atoms with Crippen molar-refractivity contribution >= 4 is 67.0 Å². The molecule has 1 heterocycles. The third-order valence-corrected chi connectivity index (χ3v) is 15.7. The predicted molar refractivity (Wildman–Crippen MR) is 244 cm³/mol. The van der Waals surface area contributed by atoms with Crippen LogP contribution in [0.4, 0.5) is 0 Å². The van der Waals surface area contributed by atoms with Crippen molar-refractivity contribution in [3.05, 3.63) is 193 Å². The molecule has 56 heavy (non-hydrogen) atoms. The third kappa shape index (κ3) is 5.86. The lowest BCUT2D eigenvalue weighted by molar-refractivity contribution is 0.590. The van der Waals surface area contributed by atoms with E-state index in [1.165, 1.54) is 75.7 Å². The highest BCUT2D eigenvalue weighted by Gasteiger charge is 2.38. The van der Waals surface area contributed by atoms with Gasteiger partial charge in [0.2, 0.25) is 8.07 Å². The van der Waals surface area contributed by atoms with Gasteiger partial charge in [0.15, 0.2) is 0 Å². The van der Waals surface area contributed by atoms with E-state index in [2.05, 4.69) is 233 Å². The maximum Gasteiger partial charge on any atom is 0.230 e. The van der Waals surface area contributed by atoms with Crippen LogP contribution in [-0.4, -0.2) is 12.6 Å². The van der Waals surface area contributed by atoms with E-state index in [1.807, 2.05) is 0 Å². The van der Waals surface area contributed by atoms with Crippen molar-refractivity contribution < 1.29 is 0 Å². The largest absolute Gasteiger partial charge is 0.308 e. The molecule has 0 aliphatic carbocycles. The monoisotopic (exact) mass is 737 g/mol. The molecule has 0 bridgehead atoms. The molecule has 272 valence electrons. The molecule has 0 saturated heterocycles. The van der Waals surface area contributed by atoms with Crippen LogP contribution in [0.25, 0.3) is 49.0 Å². The Morgan fingerprint density at radius 2 is 0.750 bits per heavy atom. The molecule has 0 unspecified atom stereocenters. The van der Waals surface area contributed by atoms with Gasteiger partial charge in [-0.25, -0.2) is 0 Å². The van der Waals surface area contributed by atoms with Gasteiger partial charge >= 0.3 is 0 Å². The van der Waals surface area contributed by atoms with Gasteiger partial charge < -0.3 is 4.57 Å². The zero-order chi connectivity index (χ0) is 38.7. The fourth-order valence-corrected chi connectivity index (χ4v) is 12.4. The van der Waals surface area contributed by atoms with E-state index in [-0.39, 0.29) is 10.8 Å². The lowest BCUT2D eigenvalue weighted by Gasteiger charge is -2.28. The average Bonchev–Trinajstić information content (AvgIpc) is 3.54. The van der Waals surface area contributed by atoms with Crippen LogP contribution in [0, 0.1) is 11.5 Å². The Morgan fingerprint density at radius 3 is 1.12 bits per heavy atom. The molecule has 1 nitrogen and oxygen atoms in total. The molecule has 0 fully saturated rings. The smallest absolute Gasteiger partial charge is 0.230 e. The minimum absolute atomic E-state index is 0.0295. The molecular formula is C54H47NSi. The van der Waals surface area contributed by atoms with Crippen molar-refractivity contribution in [1.29, 1.82) is 0 Å². The summed E-state index contributed by atoms with van der Waals surface area (Å²) >= 11 is 0. The third-order valence-electron chi connectivity index (χ3n) is 11.6. The van der Waals surface area contributed by atoms with Gasteiger partial charge in [-0.05, 0) is 61.8 Å². The first-order chi connectivity index (χ1) is 27.1. The van der Waals surface area contributed by atoms with Crippen molar-refractivity contribution in [3.63, 3.8) is 0 Å². The number of aromatic nitrogens is 1. The molecule has 8 aromatic carbocycles. The number of nitrogens with zero attached hydrogens (tertiary/aromatic N) is 1. The Kier molecular flexibility index (Phi) is 8.61. The maximum atomic E-state index is 4.12. The first-order valence-corrected chi connectivity index (χ1v) is 21.8. The maximum absolute atomic E-state index is 4.12. The van der Waals surface area contributed by atoms with Gasteiger partial charge in [0.05, 0.1) is 16.7 Å². The normalized spacial score (nSPS) is 12.3. The van der Waals surface area contributed by atoms with Crippen molar-refractivity contribution in [2.75, 3.05) is 0 Å². The molecule has 0 saturated carbocycles. The van der Waals surface area contributed by atoms with Gasteiger partial charge in [-0.15, -0.1) is 5.54 Å². The SMILES string of the molecule is CC(C)(C)c1ccc2c(c1)c1cc(C(C)(C)C)ccc1n2-c1c2ccccc2c(C#C[Si](c2ccccc2)(c2ccccc2)c2ccccc2)c2ccccc12. The van der Waals surface area contributed by atoms with E-state index in [0.29, 0.717) is 0 Å². The van der Waals surface area contributed by atoms with Gasteiger partial charge in [-0.1, -0.05) is 199 Å². The molecule has 0 N–H and O–H groups in total. The topological polar surface area (TPSA) is 4.93 Å². The summed E-state index contributed by atoms with van der Waals surface area (Å²) in [5.41, 5.74) is 11.6. The van der Waals surface area contributed by atoms with E-state index in [1.54, 1.807) is 0 Å². The Morgan fingerprint density at radius 1 is 0.393 bits per heavy atom. The van der Waals surface area contributed by atoms with E-state index < -0.39 is 8.07 Å². The van der Waals surface area contributed by atoms with Crippen LogP contribution in [0.5, 0.6) is 0 Å². The van der Waals surface area contributed by atoms with Gasteiger partial charge in [-0.3, -0.25) is 0 Å². The molecule has 9 aromatic rings.